The van der Waals surface area contributed by atoms with E-state index in [1.54, 1.807) is 49.1 Å². The fraction of sp³-hybridized carbons (Fsp3) is 0.375. The van der Waals surface area contributed by atoms with Gasteiger partial charge >= 0.3 is 28.5 Å². The van der Waals surface area contributed by atoms with E-state index in [4.69, 9.17) is 37.2 Å². The van der Waals surface area contributed by atoms with Crippen LogP contribution in [0.15, 0.2) is 117 Å². The summed E-state index contributed by atoms with van der Waals surface area (Å²) >= 11 is 0. The van der Waals surface area contributed by atoms with Gasteiger partial charge in [0.2, 0.25) is 0 Å². The van der Waals surface area contributed by atoms with Crippen molar-refractivity contribution in [1.82, 2.24) is 0 Å². The molecule has 0 amide bonds. The lowest BCUT2D eigenvalue weighted by Gasteiger charge is -2.28. The largest absolute Gasteiger partial charge is 0.507 e. The molecule has 8 unspecified atom stereocenters. The lowest BCUT2D eigenvalue weighted by atomic mass is 9.76. The number of nitrogens with zero attached hydrogens (tertiary/aromatic N) is 4. The van der Waals surface area contributed by atoms with Crippen LogP contribution in [-0.4, -0.2) is 124 Å². The fourth-order valence-electron chi connectivity index (χ4n) is 14.8. The number of aliphatic imine (C=N–C) groups is 4. The first-order chi connectivity index (χ1) is 40.2. The molecular weight excluding hydrogens is 1060 g/mol. The summed E-state index contributed by atoms with van der Waals surface area (Å²) in [6.07, 6.45) is 4.14. The van der Waals surface area contributed by atoms with Gasteiger partial charge in [-0.05, 0) is 115 Å². The van der Waals surface area contributed by atoms with Crippen molar-refractivity contribution in [1.29, 1.82) is 0 Å². The van der Waals surface area contributed by atoms with Gasteiger partial charge in [0.25, 0.3) is 0 Å². The van der Waals surface area contributed by atoms with Crippen LogP contribution in [0.2, 0.25) is 0 Å². The molecule has 84 heavy (non-hydrogen) atoms. The number of rotatable bonds is 0. The van der Waals surface area contributed by atoms with Gasteiger partial charge in [-0.25, -0.2) is 0 Å². The molecule has 27 rings (SSSR count). The van der Waals surface area contributed by atoms with Crippen LogP contribution in [-0.2, 0) is 58.9 Å². The van der Waals surface area contributed by atoms with Crippen molar-refractivity contribution in [2.24, 2.45) is 20.0 Å². The summed E-state index contributed by atoms with van der Waals surface area (Å²) < 4.78 is 54.5. The van der Waals surface area contributed by atoms with Crippen LogP contribution in [0.5, 0.6) is 23.0 Å². The molecule has 20 heteroatoms. The van der Waals surface area contributed by atoms with Crippen molar-refractivity contribution in [3.05, 3.63) is 164 Å². The lowest BCUT2D eigenvalue weighted by molar-refractivity contribution is 0.113. The summed E-state index contributed by atoms with van der Waals surface area (Å²) in [5.74, 6) is 0.328. The second-order valence-corrected chi connectivity index (χ2v) is 26.1. The summed E-state index contributed by atoms with van der Waals surface area (Å²) in [5.41, 5.74) is 12.4. The molecule has 16 nitrogen and oxygen atoms in total. The Hall–Kier alpha value is -6.86. The summed E-state index contributed by atoms with van der Waals surface area (Å²) in [6.45, 7) is 18.9. The zero-order valence-corrected chi connectivity index (χ0v) is 48.1. The van der Waals surface area contributed by atoms with Gasteiger partial charge in [0.15, 0.2) is 0 Å². The van der Waals surface area contributed by atoms with E-state index in [0.29, 0.717) is 48.4 Å². The Morgan fingerprint density at radius 2 is 0.536 bits per heavy atom. The van der Waals surface area contributed by atoms with Gasteiger partial charge < -0.3 is 57.7 Å². The predicted octanol–water partition coefficient (Wildman–Crippen LogP) is 6.47. The highest BCUT2D eigenvalue weighted by Gasteiger charge is 2.62. The van der Waals surface area contributed by atoms with E-state index in [2.05, 4.69) is 99.6 Å². The molecule has 6 aromatic rings. The molecule has 28 bridgehead atoms. The maximum absolute atomic E-state index is 11.0. The van der Waals surface area contributed by atoms with Crippen LogP contribution in [0, 0.1) is 0 Å². The SMILES string of the molecule is CC1(C)c2cc3c4cc2C2OB(OC21)c1ccc(O)c(c1)C=NCCN=Cc1cc(ccc1O)B1OC2c5cc6c(cc5C(C)(C)C2O1)C1OB(OC1C6(C)C)c1ccc(O)c(c1)C=NCCN=Cc1cc(ccc1O)B1OC3C(O1)C4(C)C. The summed E-state index contributed by atoms with van der Waals surface area (Å²) in [4.78, 5) is 18.5. The van der Waals surface area contributed by atoms with Crippen LogP contribution >= 0.6 is 0 Å². The molecule has 4 saturated heterocycles. The molecule has 0 spiro atoms. The third-order valence-corrected chi connectivity index (χ3v) is 19.5. The fourth-order valence-corrected chi connectivity index (χ4v) is 14.8. The third-order valence-electron chi connectivity index (χ3n) is 19.5. The predicted molar refractivity (Wildman–Crippen MR) is 324 cm³/mol. The van der Waals surface area contributed by atoms with Crippen LogP contribution in [0.4, 0.5) is 0 Å². The molecule has 4 aliphatic carbocycles. The van der Waals surface area contributed by atoms with Crippen molar-refractivity contribution >= 4 is 75.2 Å². The van der Waals surface area contributed by atoms with Crippen LogP contribution < -0.4 is 21.9 Å². The number of phenolic OH excluding ortho intramolecular Hbond substituents is 4. The zero-order chi connectivity index (χ0) is 57.9. The Morgan fingerprint density at radius 3 is 0.750 bits per heavy atom. The smallest absolute Gasteiger partial charge is 0.494 e. The molecule has 0 saturated carbocycles. The number of hydrogen-bond donors (Lipinski definition) is 4. The van der Waals surface area contributed by atoms with Crippen molar-refractivity contribution in [3.8, 4) is 23.0 Å². The van der Waals surface area contributed by atoms with Crippen molar-refractivity contribution in [2.45, 2.75) is 126 Å². The summed E-state index contributed by atoms with van der Waals surface area (Å²) in [6, 6.07) is 30.4. The van der Waals surface area contributed by atoms with Gasteiger partial charge in [0.05, 0.1) is 75.0 Å². The zero-order valence-electron chi connectivity index (χ0n) is 48.1. The third kappa shape index (κ3) is 8.30. The highest BCUT2D eigenvalue weighted by atomic mass is 16.7. The summed E-state index contributed by atoms with van der Waals surface area (Å²) in [5, 5.41) is 43.9. The Morgan fingerprint density at radius 1 is 0.321 bits per heavy atom. The Labute approximate surface area is 489 Å². The van der Waals surface area contributed by atoms with E-state index in [-0.39, 0.29) is 71.8 Å². The standard InChI is InChI=1S/C64H64B4N4O12/c1-61(2)45-25-42-46-26-41(45)53-57(61)81-65(77-53)37-9-13-49(73)33(21-37)29-69-17-18-70-31-35-23-39(11-15-51(35)75)67-79-55-43-27-48-44(28-47(43)63(5,6)59(55)83-67)56-60(64(48,7)8)84-68(80-56)40-12-16-52(76)36(24-40)32-72-20-19-71-30-34-22-38(10-14-50(34)74)66-78-54(42)58(82-66)62(46,3)4/h9-16,21-32,53-60,73-76H,17-20H2,1-8H3. The quantitative estimate of drug-likeness (QED) is 0.121. The lowest BCUT2D eigenvalue weighted by Crippen LogP contribution is -2.37. The van der Waals surface area contributed by atoms with Gasteiger partial charge in [-0.2, -0.15) is 0 Å². The second kappa shape index (κ2) is 19.3. The maximum atomic E-state index is 11.0. The number of aromatic hydroxyl groups is 4. The van der Waals surface area contributed by atoms with Crippen LogP contribution in [0.25, 0.3) is 0 Å². The molecular formula is C64H64B4N4O12. The Kier molecular flexibility index (Phi) is 12.4. The van der Waals surface area contributed by atoms with Crippen molar-refractivity contribution in [3.63, 3.8) is 0 Å². The first-order valence-corrected chi connectivity index (χ1v) is 29.2. The topological polar surface area (TPSA) is 204 Å². The van der Waals surface area contributed by atoms with Crippen molar-refractivity contribution < 1.29 is 57.7 Å². The first-order valence-electron chi connectivity index (χ1n) is 29.2. The monoisotopic (exact) mass is 1120 g/mol. The average molecular weight is 1120 g/mol. The van der Waals surface area contributed by atoms with E-state index in [9.17, 15) is 20.4 Å². The average Bonchev–Trinajstić information content (AvgIpc) is 1.64. The minimum Gasteiger partial charge on any atom is -0.507 e. The first kappa shape index (κ1) is 53.8. The molecule has 21 aliphatic rings. The maximum Gasteiger partial charge on any atom is 0.494 e. The molecule has 8 atom stereocenters. The van der Waals surface area contributed by atoms with Crippen LogP contribution in [0.1, 0.15) is 147 Å². The number of benzene rings is 6. The Bertz CT molecular complexity index is 3380. The van der Waals surface area contributed by atoms with Crippen LogP contribution in [0.3, 0.4) is 0 Å². The molecule has 17 heterocycles. The van der Waals surface area contributed by atoms with E-state index in [1.807, 2.05) is 48.5 Å². The number of phenols is 4. The summed E-state index contributed by atoms with van der Waals surface area (Å²) in [7, 11) is -2.70. The molecule has 6 aromatic carbocycles. The van der Waals surface area contributed by atoms with Gasteiger partial charge in [-0.15, -0.1) is 0 Å². The molecule has 0 radical (unpaired) electrons. The van der Waals surface area contributed by atoms with Gasteiger partial charge in [-0.3, -0.25) is 20.0 Å². The molecule has 4 N–H and O–H groups in total. The van der Waals surface area contributed by atoms with Gasteiger partial charge in [0.1, 0.15) is 23.0 Å². The second-order valence-electron chi connectivity index (χ2n) is 26.1. The van der Waals surface area contributed by atoms with Gasteiger partial charge in [0, 0.05) is 68.8 Å². The van der Waals surface area contributed by atoms with Crippen molar-refractivity contribution in [2.75, 3.05) is 26.2 Å². The Balaban J connectivity index is 0.724. The highest BCUT2D eigenvalue weighted by molar-refractivity contribution is 6.63. The minimum atomic E-state index is -0.674. The number of hydrogen-bond acceptors (Lipinski definition) is 16. The van der Waals surface area contributed by atoms with E-state index >= 15 is 0 Å². The molecule has 4 fully saturated rings. The van der Waals surface area contributed by atoms with E-state index in [0.717, 1.165) is 66.4 Å². The molecule has 0 aromatic heterocycles. The molecule has 424 valence electrons. The van der Waals surface area contributed by atoms with E-state index < -0.39 is 50.1 Å². The normalized spacial score (nSPS) is 27.7. The molecule has 17 aliphatic heterocycles. The minimum absolute atomic E-state index is 0.0819. The van der Waals surface area contributed by atoms with Gasteiger partial charge in [-0.1, -0.05) is 104 Å². The van der Waals surface area contributed by atoms with E-state index in [1.165, 1.54) is 0 Å². The highest BCUT2D eigenvalue weighted by Crippen LogP contribution is 2.60.